The second kappa shape index (κ2) is 10.0. The van der Waals surface area contributed by atoms with E-state index in [1.165, 1.54) is 0 Å². The predicted molar refractivity (Wildman–Crippen MR) is 138 cm³/mol. The Bertz CT molecular complexity index is 1390. The first kappa shape index (κ1) is 22.7. The highest BCUT2D eigenvalue weighted by molar-refractivity contribution is 6.30. The minimum absolute atomic E-state index is 0.0227. The fourth-order valence-electron chi connectivity index (χ4n) is 3.37. The number of rotatable bonds is 6. The van der Waals surface area contributed by atoms with Crippen molar-refractivity contribution in [2.75, 3.05) is 5.32 Å². The number of para-hydroxylation sites is 1. The van der Waals surface area contributed by atoms with Crippen LogP contribution in [0.25, 0.3) is 17.1 Å². The molecular formula is C27H18Cl2N4O2. The van der Waals surface area contributed by atoms with Crippen LogP contribution in [0.4, 0.5) is 5.69 Å². The first-order chi connectivity index (χ1) is 17.0. The zero-order valence-electron chi connectivity index (χ0n) is 18.2. The van der Waals surface area contributed by atoms with Gasteiger partial charge in [0, 0.05) is 21.3 Å². The number of nitrogens with one attached hydrogen (secondary N) is 1. The number of halogens is 2. The van der Waals surface area contributed by atoms with Crippen molar-refractivity contribution in [3.63, 3.8) is 0 Å². The molecule has 1 heterocycles. The summed E-state index contributed by atoms with van der Waals surface area (Å²) in [5.41, 5.74) is 2.07. The van der Waals surface area contributed by atoms with E-state index in [1.807, 2.05) is 54.6 Å². The highest BCUT2D eigenvalue weighted by Crippen LogP contribution is 2.25. The van der Waals surface area contributed by atoms with Crippen LogP contribution in [-0.2, 0) is 0 Å². The SMILES string of the molecule is O=C(Nc1ccc(Oc2ccccc2)cc1)c1nc(-c2ccc(Cl)cc2)n(-c2ccc(Cl)cc2)n1. The van der Waals surface area contributed by atoms with Gasteiger partial charge < -0.3 is 10.1 Å². The lowest BCUT2D eigenvalue weighted by molar-refractivity contribution is 0.101. The third-order valence-corrected chi connectivity index (χ3v) is 5.58. The van der Waals surface area contributed by atoms with Crippen molar-refractivity contribution in [2.24, 2.45) is 0 Å². The van der Waals surface area contributed by atoms with E-state index in [1.54, 1.807) is 53.2 Å². The van der Waals surface area contributed by atoms with Gasteiger partial charge in [-0.25, -0.2) is 9.67 Å². The molecule has 5 rings (SSSR count). The highest BCUT2D eigenvalue weighted by Gasteiger charge is 2.19. The van der Waals surface area contributed by atoms with Crippen LogP contribution >= 0.6 is 23.2 Å². The van der Waals surface area contributed by atoms with Crippen LogP contribution in [-0.4, -0.2) is 20.7 Å². The maximum absolute atomic E-state index is 13.0. The molecule has 0 spiro atoms. The molecular weight excluding hydrogens is 483 g/mol. The Hall–Kier alpha value is -4.13. The van der Waals surface area contributed by atoms with Crippen LogP contribution in [0.3, 0.4) is 0 Å². The quantitative estimate of drug-likeness (QED) is 0.265. The van der Waals surface area contributed by atoms with Gasteiger partial charge in [-0.3, -0.25) is 4.79 Å². The Kier molecular flexibility index (Phi) is 6.48. The summed E-state index contributed by atoms with van der Waals surface area (Å²) >= 11 is 12.1. The number of anilines is 1. The Morgan fingerprint density at radius 1 is 0.743 bits per heavy atom. The summed E-state index contributed by atoms with van der Waals surface area (Å²) in [5, 5.41) is 8.50. The molecule has 4 aromatic carbocycles. The second-order valence-corrected chi connectivity index (χ2v) is 8.42. The number of nitrogens with zero attached hydrogens (tertiary/aromatic N) is 3. The molecule has 172 valence electrons. The van der Waals surface area contributed by atoms with Gasteiger partial charge in [-0.05, 0) is 84.9 Å². The molecule has 6 nitrogen and oxygen atoms in total. The number of aromatic nitrogens is 3. The van der Waals surface area contributed by atoms with Gasteiger partial charge in [-0.1, -0.05) is 41.4 Å². The molecule has 35 heavy (non-hydrogen) atoms. The lowest BCUT2D eigenvalue weighted by atomic mass is 10.2. The molecule has 0 aliphatic heterocycles. The van der Waals surface area contributed by atoms with Crippen LogP contribution in [0.2, 0.25) is 10.0 Å². The molecule has 1 amide bonds. The van der Waals surface area contributed by atoms with Gasteiger partial charge in [0.05, 0.1) is 5.69 Å². The highest BCUT2D eigenvalue weighted by atomic mass is 35.5. The number of benzene rings is 4. The lowest BCUT2D eigenvalue weighted by Crippen LogP contribution is -2.14. The largest absolute Gasteiger partial charge is 0.457 e. The monoisotopic (exact) mass is 500 g/mol. The number of carbonyl (C=O) groups is 1. The first-order valence-corrected chi connectivity index (χ1v) is 11.4. The third kappa shape index (κ3) is 5.35. The summed E-state index contributed by atoms with van der Waals surface area (Å²) in [6.45, 7) is 0. The first-order valence-electron chi connectivity index (χ1n) is 10.7. The van der Waals surface area contributed by atoms with Crippen molar-refractivity contribution in [2.45, 2.75) is 0 Å². The number of amides is 1. The van der Waals surface area contributed by atoms with E-state index < -0.39 is 5.91 Å². The van der Waals surface area contributed by atoms with Crippen LogP contribution in [0.15, 0.2) is 103 Å². The number of hydrogen-bond acceptors (Lipinski definition) is 4. The molecule has 0 aliphatic rings. The number of hydrogen-bond donors (Lipinski definition) is 1. The minimum Gasteiger partial charge on any atom is -0.457 e. The van der Waals surface area contributed by atoms with E-state index in [2.05, 4.69) is 15.4 Å². The Labute approximate surface area is 211 Å². The van der Waals surface area contributed by atoms with Crippen molar-refractivity contribution in [3.05, 3.63) is 119 Å². The second-order valence-electron chi connectivity index (χ2n) is 7.55. The molecule has 0 unspecified atom stereocenters. The number of carbonyl (C=O) groups excluding carboxylic acids is 1. The summed E-state index contributed by atoms with van der Waals surface area (Å²) in [6, 6.07) is 30.8. The predicted octanol–water partition coefficient (Wildman–Crippen LogP) is 7.29. The van der Waals surface area contributed by atoms with Crippen LogP contribution < -0.4 is 10.1 Å². The average Bonchev–Trinajstić information content (AvgIpc) is 3.32. The molecule has 0 fully saturated rings. The van der Waals surface area contributed by atoms with Crippen molar-refractivity contribution >= 4 is 34.8 Å². The molecule has 0 aliphatic carbocycles. The molecule has 0 bridgehead atoms. The summed E-state index contributed by atoms with van der Waals surface area (Å²) in [4.78, 5) is 17.5. The topological polar surface area (TPSA) is 69.0 Å². The maximum Gasteiger partial charge on any atom is 0.295 e. The summed E-state index contributed by atoms with van der Waals surface area (Å²) in [6.07, 6.45) is 0. The van der Waals surface area contributed by atoms with E-state index in [0.29, 0.717) is 33.0 Å². The van der Waals surface area contributed by atoms with E-state index in [0.717, 1.165) is 11.3 Å². The van der Waals surface area contributed by atoms with Crippen LogP contribution in [0, 0.1) is 0 Å². The van der Waals surface area contributed by atoms with Crippen molar-refractivity contribution in [1.29, 1.82) is 0 Å². The van der Waals surface area contributed by atoms with E-state index >= 15 is 0 Å². The maximum atomic E-state index is 13.0. The Balaban J connectivity index is 1.40. The third-order valence-electron chi connectivity index (χ3n) is 5.07. The van der Waals surface area contributed by atoms with Gasteiger partial charge in [0.2, 0.25) is 5.82 Å². The molecule has 1 aromatic heterocycles. The smallest absolute Gasteiger partial charge is 0.295 e. The molecule has 5 aromatic rings. The number of ether oxygens (including phenoxy) is 1. The lowest BCUT2D eigenvalue weighted by Gasteiger charge is -2.07. The molecule has 0 saturated heterocycles. The van der Waals surface area contributed by atoms with Gasteiger partial charge in [0.1, 0.15) is 11.5 Å². The Morgan fingerprint density at radius 3 is 2.00 bits per heavy atom. The zero-order chi connectivity index (χ0) is 24.2. The fraction of sp³-hybridized carbons (Fsp3) is 0. The molecule has 8 heteroatoms. The molecule has 1 N–H and O–H groups in total. The fourth-order valence-corrected chi connectivity index (χ4v) is 3.63. The zero-order valence-corrected chi connectivity index (χ0v) is 19.7. The normalized spacial score (nSPS) is 10.7. The minimum atomic E-state index is -0.440. The van der Waals surface area contributed by atoms with Gasteiger partial charge in [-0.2, -0.15) is 0 Å². The van der Waals surface area contributed by atoms with E-state index in [4.69, 9.17) is 27.9 Å². The van der Waals surface area contributed by atoms with E-state index in [9.17, 15) is 4.79 Å². The summed E-state index contributed by atoms with van der Waals surface area (Å²) < 4.78 is 7.40. The standard InChI is InChI=1S/C27H18Cl2N4O2/c28-19-8-6-18(7-9-19)26-31-25(32-33(26)22-14-10-20(29)11-15-22)27(34)30-21-12-16-24(17-13-21)35-23-4-2-1-3-5-23/h1-17H,(H,30,34). The van der Waals surface area contributed by atoms with Crippen molar-refractivity contribution in [1.82, 2.24) is 14.8 Å². The Morgan fingerprint density at radius 2 is 1.34 bits per heavy atom. The van der Waals surface area contributed by atoms with Gasteiger partial charge in [0.25, 0.3) is 5.91 Å². The van der Waals surface area contributed by atoms with Crippen LogP contribution in [0.5, 0.6) is 11.5 Å². The van der Waals surface area contributed by atoms with Crippen molar-refractivity contribution in [3.8, 4) is 28.6 Å². The molecule has 0 atom stereocenters. The average molecular weight is 501 g/mol. The van der Waals surface area contributed by atoms with E-state index in [-0.39, 0.29) is 5.82 Å². The molecule has 0 saturated carbocycles. The van der Waals surface area contributed by atoms with Crippen molar-refractivity contribution < 1.29 is 9.53 Å². The van der Waals surface area contributed by atoms with Crippen LogP contribution in [0.1, 0.15) is 10.6 Å². The molecule has 0 radical (unpaired) electrons. The van der Waals surface area contributed by atoms with Gasteiger partial charge in [0.15, 0.2) is 5.82 Å². The van der Waals surface area contributed by atoms with Gasteiger partial charge in [-0.15, -0.1) is 5.10 Å². The summed E-state index contributed by atoms with van der Waals surface area (Å²) in [7, 11) is 0. The summed E-state index contributed by atoms with van der Waals surface area (Å²) in [5.74, 6) is 1.47. The van der Waals surface area contributed by atoms with Gasteiger partial charge >= 0.3 is 0 Å².